The first-order valence-corrected chi connectivity index (χ1v) is 9.16. The highest BCUT2D eigenvalue weighted by atomic mass is 35.5. The lowest BCUT2D eigenvalue weighted by atomic mass is 10.1. The fourth-order valence-corrected chi connectivity index (χ4v) is 2.92. The van der Waals surface area contributed by atoms with E-state index in [-0.39, 0.29) is 24.4 Å². The maximum absolute atomic E-state index is 12.1. The van der Waals surface area contributed by atoms with Gasteiger partial charge in [-0.25, -0.2) is 0 Å². The Labute approximate surface area is 172 Å². The first-order valence-electron chi connectivity index (χ1n) is 9.16. The molecule has 1 saturated heterocycles. The van der Waals surface area contributed by atoms with Crippen LogP contribution in [-0.2, 0) is 22.7 Å². The maximum atomic E-state index is 12.1. The molecule has 28 heavy (non-hydrogen) atoms. The Morgan fingerprint density at radius 1 is 1.18 bits per heavy atom. The van der Waals surface area contributed by atoms with Gasteiger partial charge in [-0.1, -0.05) is 36.4 Å². The van der Waals surface area contributed by atoms with E-state index in [9.17, 15) is 4.79 Å². The topological polar surface area (TPSA) is 68.8 Å². The first-order chi connectivity index (χ1) is 13.2. The molecule has 0 bridgehead atoms. The predicted octanol–water partition coefficient (Wildman–Crippen LogP) is 2.69. The van der Waals surface area contributed by atoms with E-state index in [4.69, 9.17) is 14.2 Å². The molecule has 7 heteroatoms. The number of methoxy groups -OCH3 is 1. The van der Waals surface area contributed by atoms with Crippen molar-refractivity contribution in [2.75, 3.05) is 26.9 Å². The molecular formula is C21H27ClN2O4. The van der Waals surface area contributed by atoms with Crippen molar-refractivity contribution in [2.45, 2.75) is 25.6 Å². The van der Waals surface area contributed by atoms with Gasteiger partial charge in [0.25, 0.3) is 0 Å². The summed E-state index contributed by atoms with van der Waals surface area (Å²) in [5.74, 6) is 1.33. The minimum absolute atomic E-state index is 0. The number of halogens is 1. The molecule has 1 fully saturated rings. The molecule has 1 heterocycles. The largest absolute Gasteiger partial charge is 0.493 e. The van der Waals surface area contributed by atoms with Gasteiger partial charge < -0.3 is 24.8 Å². The molecule has 6 nitrogen and oxygen atoms in total. The zero-order chi connectivity index (χ0) is 18.9. The van der Waals surface area contributed by atoms with Gasteiger partial charge in [0.15, 0.2) is 11.5 Å². The molecule has 0 radical (unpaired) electrons. The average molecular weight is 407 g/mol. The van der Waals surface area contributed by atoms with Crippen molar-refractivity contribution in [3.8, 4) is 11.5 Å². The summed E-state index contributed by atoms with van der Waals surface area (Å²) in [6, 6.07) is 15.8. The molecule has 0 saturated carbocycles. The maximum Gasteiger partial charge on any atom is 0.221 e. The van der Waals surface area contributed by atoms with Crippen LogP contribution in [0.2, 0.25) is 0 Å². The number of hydrogen-bond acceptors (Lipinski definition) is 5. The highest BCUT2D eigenvalue weighted by Gasteiger charge is 2.16. The van der Waals surface area contributed by atoms with E-state index in [2.05, 4.69) is 10.6 Å². The molecule has 1 atom stereocenters. The molecule has 2 aromatic carbocycles. The van der Waals surface area contributed by atoms with Crippen molar-refractivity contribution in [3.63, 3.8) is 0 Å². The summed E-state index contributed by atoms with van der Waals surface area (Å²) < 4.78 is 16.7. The summed E-state index contributed by atoms with van der Waals surface area (Å²) in [7, 11) is 1.61. The Morgan fingerprint density at radius 2 is 2.00 bits per heavy atom. The number of morpholine rings is 1. The number of rotatable bonds is 8. The van der Waals surface area contributed by atoms with Crippen LogP contribution >= 0.6 is 12.4 Å². The van der Waals surface area contributed by atoms with E-state index >= 15 is 0 Å². The molecule has 0 aliphatic carbocycles. The van der Waals surface area contributed by atoms with Gasteiger partial charge in [-0.05, 0) is 23.3 Å². The van der Waals surface area contributed by atoms with E-state index in [1.165, 1.54) is 0 Å². The Bertz CT molecular complexity index is 736. The summed E-state index contributed by atoms with van der Waals surface area (Å²) in [4.78, 5) is 12.1. The van der Waals surface area contributed by atoms with Crippen LogP contribution in [-0.4, -0.2) is 38.8 Å². The Kier molecular flexibility index (Phi) is 9.07. The number of hydrogen-bond donors (Lipinski definition) is 2. The van der Waals surface area contributed by atoms with Gasteiger partial charge in [0.2, 0.25) is 5.91 Å². The van der Waals surface area contributed by atoms with Crippen LogP contribution < -0.4 is 20.1 Å². The highest BCUT2D eigenvalue weighted by Crippen LogP contribution is 2.28. The van der Waals surface area contributed by atoms with Crippen molar-refractivity contribution in [3.05, 3.63) is 59.7 Å². The second-order valence-electron chi connectivity index (χ2n) is 6.47. The third-order valence-electron chi connectivity index (χ3n) is 4.39. The van der Waals surface area contributed by atoms with Crippen molar-refractivity contribution >= 4 is 18.3 Å². The number of carbonyl (C=O) groups excluding carboxylic acids is 1. The predicted molar refractivity (Wildman–Crippen MR) is 110 cm³/mol. The summed E-state index contributed by atoms with van der Waals surface area (Å²) in [6.45, 7) is 3.00. The molecule has 3 rings (SSSR count). The van der Waals surface area contributed by atoms with Crippen LogP contribution in [0.1, 0.15) is 17.5 Å². The lowest BCUT2D eigenvalue weighted by Gasteiger charge is -2.23. The highest BCUT2D eigenvalue weighted by molar-refractivity contribution is 5.85. The summed E-state index contributed by atoms with van der Waals surface area (Å²) in [6.07, 6.45) is 0.412. The van der Waals surface area contributed by atoms with Gasteiger partial charge in [0.05, 0.1) is 20.3 Å². The molecule has 1 amide bonds. The smallest absolute Gasteiger partial charge is 0.221 e. The first kappa shape index (κ1) is 22.0. The Morgan fingerprint density at radius 3 is 2.71 bits per heavy atom. The minimum Gasteiger partial charge on any atom is -0.493 e. The molecule has 1 aliphatic heterocycles. The van der Waals surface area contributed by atoms with Crippen molar-refractivity contribution in [1.82, 2.24) is 10.6 Å². The number of ether oxygens (including phenoxy) is 3. The zero-order valence-electron chi connectivity index (χ0n) is 16.0. The molecule has 0 aromatic heterocycles. The van der Waals surface area contributed by atoms with Gasteiger partial charge in [0.1, 0.15) is 6.61 Å². The van der Waals surface area contributed by atoms with Crippen LogP contribution in [0.5, 0.6) is 11.5 Å². The molecule has 2 aromatic rings. The lowest BCUT2D eigenvalue weighted by Crippen LogP contribution is -2.44. The van der Waals surface area contributed by atoms with Crippen LogP contribution in [0.15, 0.2) is 48.5 Å². The Balaban J connectivity index is 0.00000280. The third kappa shape index (κ3) is 6.71. The monoisotopic (exact) mass is 406 g/mol. The standard InChI is InChI=1S/C21H26N2O4.ClH/c1-25-20-11-17(13-23-21(24)12-18-15-26-10-9-22-18)7-8-19(20)27-14-16-5-3-2-4-6-16;/h2-8,11,18,22H,9-10,12-15H2,1H3,(H,23,24);1H. The second-order valence-corrected chi connectivity index (χ2v) is 6.47. The van der Waals surface area contributed by atoms with E-state index < -0.39 is 0 Å². The fraction of sp³-hybridized carbons (Fsp3) is 0.381. The quantitative estimate of drug-likeness (QED) is 0.705. The molecule has 2 N–H and O–H groups in total. The van der Waals surface area contributed by atoms with Crippen molar-refractivity contribution in [1.29, 1.82) is 0 Å². The van der Waals surface area contributed by atoms with E-state index in [0.29, 0.717) is 44.3 Å². The third-order valence-corrected chi connectivity index (χ3v) is 4.39. The lowest BCUT2D eigenvalue weighted by molar-refractivity contribution is -0.122. The van der Waals surface area contributed by atoms with Crippen molar-refractivity contribution in [2.24, 2.45) is 0 Å². The van der Waals surface area contributed by atoms with Crippen LogP contribution in [0.3, 0.4) is 0 Å². The van der Waals surface area contributed by atoms with Crippen LogP contribution in [0.4, 0.5) is 0 Å². The number of amides is 1. The van der Waals surface area contributed by atoms with Gasteiger partial charge in [-0.3, -0.25) is 4.79 Å². The van der Waals surface area contributed by atoms with E-state index in [1.807, 2.05) is 48.5 Å². The zero-order valence-corrected chi connectivity index (χ0v) is 16.8. The van der Waals surface area contributed by atoms with Crippen LogP contribution in [0, 0.1) is 0 Å². The number of benzene rings is 2. The fourth-order valence-electron chi connectivity index (χ4n) is 2.92. The van der Waals surface area contributed by atoms with E-state index in [1.54, 1.807) is 7.11 Å². The van der Waals surface area contributed by atoms with Gasteiger partial charge in [-0.15, -0.1) is 12.4 Å². The normalized spacial score (nSPS) is 16.0. The van der Waals surface area contributed by atoms with Crippen molar-refractivity contribution < 1.29 is 19.0 Å². The van der Waals surface area contributed by atoms with Gasteiger partial charge >= 0.3 is 0 Å². The summed E-state index contributed by atoms with van der Waals surface area (Å²) >= 11 is 0. The Hall–Kier alpha value is -2.28. The molecule has 152 valence electrons. The number of nitrogens with one attached hydrogen (secondary N) is 2. The summed E-state index contributed by atoms with van der Waals surface area (Å²) in [5.41, 5.74) is 2.05. The second kappa shape index (κ2) is 11.5. The molecule has 1 unspecified atom stereocenters. The van der Waals surface area contributed by atoms with Gasteiger partial charge in [0, 0.05) is 25.6 Å². The van der Waals surface area contributed by atoms with E-state index in [0.717, 1.165) is 17.7 Å². The van der Waals surface area contributed by atoms with Crippen LogP contribution in [0.25, 0.3) is 0 Å². The van der Waals surface area contributed by atoms with Gasteiger partial charge in [-0.2, -0.15) is 0 Å². The average Bonchev–Trinajstić information content (AvgIpc) is 2.72. The summed E-state index contributed by atoms with van der Waals surface area (Å²) in [5, 5.41) is 6.22. The molecule has 0 spiro atoms. The molecular weight excluding hydrogens is 380 g/mol. The number of carbonyl (C=O) groups is 1. The minimum atomic E-state index is 0. The molecule has 1 aliphatic rings. The SMILES string of the molecule is COc1cc(CNC(=O)CC2COCCN2)ccc1OCc1ccccc1.Cl.